The molecule has 2 aliphatic heterocycles. The number of aromatic nitrogens is 1. The van der Waals surface area contributed by atoms with Crippen LogP contribution in [-0.4, -0.2) is 60.9 Å². The summed E-state index contributed by atoms with van der Waals surface area (Å²) < 4.78 is 19.3. The molecule has 0 bridgehead atoms. The van der Waals surface area contributed by atoms with Gasteiger partial charge in [0, 0.05) is 74.5 Å². The van der Waals surface area contributed by atoms with E-state index < -0.39 is 6.17 Å². The lowest BCUT2D eigenvalue weighted by molar-refractivity contribution is 0.0846. The molecule has 1 atom stereocenters. The number of nitrogens with one attached hydrogen (secondary N) is 2. The van der Waals surface area contributed by atoms with Crippen molar-refractivity contribution in [2.75, 3.05) is 37.7 Å². The minimum atomic E-state index is -0.731. The molecule has 2 N–H and O–H groups in total. The van der Waals surface area contributed by atoms with Crippen molar-refractivity contribution < 1.29 is 13.9 Å². The van der Waals surface area contributed by atoms with E-state index in [0.29, 0.717) is 30.1 Å². The number of H-pyrrole nitrogens is 1. The fraction of sp³-hybridized carbons (Fsp3) is 0.471. The Kier molecular flexibility index (Phi) is 9.43. The number of ether oxygens (including phenoxy) is 1. The summed E-state index contributed by atoms with van der Waals surface area (Å²) >= 11 is 0. The van der Waals surface area contributed by atoms with Crippen molar-refractivity contribution in [1.29, 1.82) is 0 Å². The van der Waals surface area contributed by atoms with E-state index in [2.05, 4.69) is 57.4 Å². The van der Waals surface area contributed by atoms with E-state index in [9.17, 15) is 14.0 Å². The average Bonchev–Trinajstić information content (AvgIpc) is 3.38. The molecule has 42 heavy (non-hydrogen) atoms. The Balaban J connectivity index is 1.46. The Morgan fingerprint density at radius 1 is 1.07 bits per heavy atom. The molecule has 0 aliphatic carbocycles. The molecule has 2 saturated heterocycles. The summed E-state index contributed by atoms with van der Waals surface area (Å²) in [5.41, 5.74) is 7.75. The van der Waals surface area contributed by atoms with E-state index in [4.69, 9.17) is 4.74 Å². The van der Waals surface area contributed by atoms with E-state index in [0.717, 1.165) is 84.9 Å². The highest BCUT2D eigenvalue weighted by Gasteiger charge is 2.25. The number of carbonyl (C=O) groups is 1. The minimum absolute atomic E-state index is 0.154. The van der Waals surface area contributed by atoms with Crippen molar-refractivity contribution >= 4 is 11.6 Å². The maximum atomic E-state index is 13.7. The molecule has 224 valence electrons. The molecule has 1 amide bonds. The molecule has 0 unspecified atom stereocenters. The van der Waals surface area contributed by atoms with Crippen LogP contribution in [0.1, 0.15) is 64.5 Å². The molecule has 0 spiro atoms. The second-order valence-electron chi connectivity index (χ2n) is 11.7. The summed E-state index contributed by atoms with van der Waals surface area (Å²) in [7, 11) is 0. The van der Waals surface area contributed by atoms with Gasteiger partial charge in [-0.05, 0) is 93.0 Å². The highest BCUT2D eigenvalue weighted by molar-refractivity contribution is 5.99. The first-order valence-corrected chi connectivity index (χ1v) is 15.2. The molecule has 0 saturated carbocycles. The van der Waals surface area contributed by atoms with Gasteiger partial charge in [-0.25, -0.2) is 4.39 Å². The van der Waals surface area contributed by atoms with Crippen LogP contribution in [0, 0.1) is 20.8 Å². The van der Waals surface area contributed by atoms with Crippen LogP contribution in [0.5, 0.6) is 0 Å². The van der Waals surface area contributed by atoms with Crippen molar-refractivity contribution in [1.82, 2.24) is 15.2 Å². The lowest BCUT2D eigenvalue weighted by Crippen LogP contribution is -2.40. The number of aromatic amines is 1. The number of rotatable bonds is 9. The maximum absolute atomic E-state index is 13.7. The summed E-state index contributed by atoms with van der Waals surface area (Å²) in [6, 6.07) is 14.8. The summed E-state index contributed by atoms with van der Waals surface area (Å²) in [5.74, 6) is -0.204. The normalized spacial score (nSPS) is 17.9. The van der Waals surface area contributed by atoms with E-state index in [1.165, 1.54) is 0 Å². The number of hydrogen-bond donors (Lipinski definition) is 2. The molecule has 2 fully saturated rings. The smallest absolute Gasteiger partial charge is 0.253 e. The fourth-order valence-electron chi connectivity index (χ4n) is 6.38. The Labute approximate surface area is 248 Å². The van der Waals surface area contributed by atoms with Crippen LogP contribution in [0.3, 0.4) is 0 Å². The first-order valence-electron chi connectivity index (χ1n) is 15.2. The predicted molar refractivity (Wildman–Crippen MR) is 166 cm³/mol. The number of aryl methyl sites for hydroxylation is 2. The van der Waals surface area contributed by atoms with E-state index >= 15 is 0 Å². The van der Waals surface area contributed by atoms with Crippen LogP contribution in [-0.2, 0) is 17.8 Å². The van der Waals surface area contributed by atoms with Crippen molar-refractivity contribution in [3.63, 3.8) is 0 Å². The fourth-order valence-corrected chi connectivity index (χ4v) is 6.38. The van der Waals surface area contributed by atoms with Gasteiger partial charge >= 0.3 is 0 Å². The molecule has 7 nitrogen and oxygen atoms in total. The van der Waals surface area contributed by atoms with Crippen molar-refractivity contribution in [2.24, 2.45) is 0 Å². The van der Waals surface area contributed by atoms with Gasteiger partial charge in [0.2, 0.25) is 0 Å². The molecule has 3 aromatic rings. The molecular formula is C34H43FN4O3. The second-order valence-corrected chi connectivity index (χ2v) is 11.7. The zero-order valence-electron chi connectivity index (χ0n) is 25.3. The third-order valence-corrected chi connectivity index (χ3v) is 8.73. The molecule has 2 aromatic carbocycles. The number of alkyl halides is 1. The van der Waals surface area contributed by atoms with Crippen molar-refractivity contribution in [3.8, 4) is 11.1 Å². The molecule has 1 aromatic heterocycles. The van der Waals surface area contributed by atoms with Crippen LogP contribution in [0.25, 0.3) is 11.1 Å². The van der Waals surface area contributed by atoms with Gasteiger partial charge < -0.3 is 19.9 Å². The largest absolute Gasteiger partial charge is 0.381 e. The van der Waals surface area contributed by atoms with E-state index in [1.807, 2.05) is 32.9 Å². The Morgan fingerprint density at radius 3 is 2.45 bits per heavy atom. The highest BCUT2D eigenvalue weighted by Crippen LogP contribution is 2.34. The quantitative estimate of drug-likeness (QED) is 0.356. The van der Waals surface area contributed by atoms with E-state index in [1.54, 1.807) is 0 Å². The zero-order chi connectivity index (χ0) is 29.8. The Hall–Kier alpha value is -3.49. The molecule has 5 rings (SSSR count). The average molecular weight is 575 g/mol. The minimum Gasteiger partial charge on any atom is -0.381 e. The monoisotopic (exact) mass is 574 g/mol. The highest BCUT2D eigenvalue weighted by atomic mass is 19.1. The van der Waals surface area contributed by atoms with Gasteiger partial charge in [-0.3, -0.25) is 14.5 Å². The number of halogens is 1. The predicted octanol–water partition coefficient (Wildman–Crippen LogP) is 5.45. The molecule has 3 heterocycles. The van der Waals surface area contributed by atoms with Crippen LogP contribution < -0.4 is 15.8 Å². The van der Waals surface area contributed by atoms with Crippen LogP contribution in [0.15, 0.2) is 47.3 Å². The third kappa shape index (κ3) is 6.76. The number of likely N-dealkylation sites (tertiary alicyclic amines) is 1. The first kappa shape index (κ1) is 30.0. The van der Waals surface area contributed by atoms with Crippen LogP contribution in [0.4, 0.5) is 10.1 Å². The standard InChI is InChI=1S/C34H43FN4O3/c1-5-39(29-11-14-42-15-12-29)32-18-27(26-8-6-25(7-9-26)20-38-13-10-28(35)21-38)17-30(24(32)4)33(40)36-19-31-22(2)16-23(3)37-34(31)41/h6-9,16-18,28-29H,5,10-15,19-21H2,1-4H3,(H,36,40)(H,37,41)/t28-/m0/s1. The number of pyridine rings is 1. The molecular weight excluding hydrogens is 531 g/mol. The number of benzene rings is 2. The maximum Gasteiger partial charge on any atom is 0.253 e. The topological polar surface area (TPSA) is 77.7 Å². The number of anilines is 1. The van der Waals surface area contributed by atoms with Crippen molar-refractivity contribution in [3.05, 3.63) is 86.3 Å². The SMILES string of the molecule is CCN(c1cc(-c2ccc(CN3CC[C@H](F)C3)cc2)cc(C(=O)NCc2c(C)cc(C)[nH]c2=O)c1C)C1CCOCC1. The number of hydrogen-bond acceptors (Lipinski definition) is 5. The van der Waals surface area contributed by atoms with Gasteiger partial charge in [0.1, 0.15) is 6.17 Å². The van der Waals surface area contributed by atoms with E-state index in [-0.39, 0.29) is 18.0 Å². The zero-order valence-corrected chi connectivity index (χ0v) is 25.3. The van der Waals surface area contributed by atoms with Gasteiger partial charge in [-0.2, -0.15) is 0 Å². The first-order chi connectivity index (χ1) is 20.2. The lowest BCUT2D eigenvalue weighted by atomic mass is 9.94. The summed E-state index contributed by atoms with van der Waals surface area (Å²) in [5, 5.41) is 3.02. The summed E-state index contributed by atoms with van der Waals surface area (Å²) in [4.78, 5) is 33.7. The second kappa shape index (κ2) is 13.2. The Morgan fingerprint density at radius 2 is 1.81 bits per heavy atom. The van der Waals surface area contributed by atoms with Crippen LogP contribution >= 0.6 is 0 Å². The Bertz CT molecular complexity index is 1460. The van der Waals surface area contributed by atoms with Gasteiger partial charge in [0.25, 0.3) is 11.5 Å². The number of amides is 1. The van der Waals surface area contributed by atoms with Gasteiger partial charge in [-0.1, -0.05) is 24.3 Å². The van der Waals surface area contributed by atoms with Gasteiger partial charge in [-0.15, -0.1) is 0 Å². The number of carbonyl (C=O) groups excluding carboxylic acids is 1. The van der Waals surface area contributed by atoms with Crippen LogP contribution in [0.2, 0.25) is 0 Å². The number of nitrogens with zero attached hydrogens (tertiary/aromatic N) is 2. The third-order valence-electron chi connectivity index (χ3n) is 8.73. The van der Waals surface area contributed by atoms with Gasteiger partial charge in [0.15, 0.2) is 0 Å². The summed E-state index contributed by atoms with van der Waals surface area (Å²) in [6.07, 6.45) is 1.76. The molecule has 8 heteroatoms. The van der Waals surface area contributed by atoms with Crippen molar-refractivity contribution in [2.45, 2.75) is 72.3 Å². The molecule has 0 radical (unpaired) electrons. The molecule has 2 aliphatic rings. The van der Waals surface area contributed by atoms with Gasteiger partial charge in [0.05, 0.1) is 0 Å². The lowest BCUT2D eigenvalue weighted by Gasteiger charge is -2.37. The summed E-state index contributed by atoms with van der Waals surface area (Å²) in [6.45, 7) is 12.4.